The third-order valence-corrected chi connectivity index (χ3v) is 4.68. The molecule has 0 saturated carbocycles. The molecule has 0 saturated heterocycles. The van der Waals surface area contributed by atoms with Crippen molar-refractivity contribution in [2.75, 3.05) is 5.01 Å². The highest BCUT2D eigenvalue weighted by atomic mass is 19.1. The standard InChI is InChI=1S/C23H16F4N2/c24-17-6-1-15(2-7-17)3-11-20-14-23(16-4-8-18(25)9-5-16)29(28-20)22-12-10-19(26)13-21(22)27/h1-13,23H,14H2/b11-3-/t23-/m0/s1. The summed E-state index contributed by atoms with van der Waals surface area (Å²) in [5, 5.41) is 5.97. The number of hydrazone groups is 1. The van der Waals surface area contributed by atoms with Gasteiger partial charge in [-0.2, -0.15) is 5.10 Å². The lowest BCUT2D eigenvalue weighted by molar-refractivity contribution is 0.572. The second-order valence-electron chi connectivity index (χ2n) is 6.69. The number of halogens is 4. The SMILES string of the molecule is Fc1ccc(/C=C\C2=NN(c3ccc(F)cc3F)[C@H](c3ccc(F)cc3)C2)cc1. The molecule has 6 heteroatoms. The summed E-state index contributed by atoms with van der Waals surface area (Å²) in [7, 11) is 0. The van der Waals surface area contributed by atoms with E-state index in [0.29, 0.717) is 12.1 Å². The van der Waals surface area contributed by atoms with Gasteiger partial charge in [0.2, 0.25) is 0 Å². The van der Waals surface area contributed by atoms with Crippen molar-refractivity contribution < 1.29 is 17.6 Å². The second-order valence-corrected chi connectivity index (χ2v) is 6.69. The zero-order chi connectivity index (χ0) is 20.4. The van der Waals surface area contributed by atoms with Crippen molar-refractivity contribution in [3.8, 4) is 0 Å². The minimum Gasteiger partial charge on any atom is -0.254 e. The third-order valence-electron chi connectivity index (χ3n) is 4.68. The van der Waals surface area contributed by atoms with Crippen LogP contribution in [0.3, 0.4) is 0 Å². The van der Waals surface area contributed by atoms with Crippen molar-refractivity contribution in [1.82, 2.24) is 0 Å². The van der Waals surface area contributed by atoms with Crippen LogP contribution in [0, 0.1) is 23.3 Å². The van der Waals surface area contributed by atoms with Gasteiger partial charge in [0.25, 0.3) is 0 Å². The molecule has 0 amide bonds. The average molecular weight is 396 g/mol. The molecule has 1 aliphatic rings. The molecule has 0 radical (unpaired) electrons. The Morgan fingerprint density at radius 3 is 2.03 bits per heavy atom. The van der Waals surface area contributed by atoms with Gasteiger partial charge in [-0.15, -0.1) is 0 Å². The quantitative estimate of drug-likeness (QED) is 0.475. The molecule has 0 spiro atoms. The smallest absolute Gasteiger partial charge is 0.151 e. The predicted molar refractivity (Wildman–Crippen MR) is 105 cm³/mol. The van der Waals surface area contributed by atoms with Gasteiger partial charge in [0.15, 0.2) is 5.82 Å². The van der Waals surface area contributed by atoms with E-state index in [-0.39, 0.29) is 23.4 Å². The average Bonchev–Trinajstić information content (AvgIpc) is 3.12. The summed E-state index contributed by atoms with van der Waals surface area (Å²) in [5.74, 6) is -2.10. The van der Waals surface area contributed by atoms with Gasteiger partial charge in [0.05, 0.1) is 17.4 Å². The number of rotatable bonds is 4. The molecular weight excluding hydrogens is 380 g/mol. The molecule has 0 aliphatic carbocycles. The molecule has 2 nitrogen and oxygen atoms in total. The molecule has 0 aromatic heterocycles. The van der Waals surface area contributed by atoms with E-state index >= 15 is 0 Å². The van der Waals surface area contributed by atoms with E-state index in [1.165, 1.54) is 41.4 Å². The summed E-state index contributed by atoms with van der Waals surface area (Å²) < 4.78 is 54.1. The fourth-order valence-electron chi connectivity index (χ4n) is 3.23. The maximum Gasteiger partial charge on any atom is 0.151 e. The molecular formula is C23H16F4N2. The Kier molecular flexibility index (Phi) is 5.16. The van der Waals surface area contributed by atoms with E-state index < -0.39 is 11.6 Å². The second kappa shape index (κ2) is 7.91. The zero-order valence-corrected chi connectivity index (χ0v) is 15.2. The molecule has 3 aromatic rings. The maximum absolute atomic E-state index is 14.4. The van der Waals surface area contributed by atoms with Crippen LogP contribution in [0.25, 0.3) is 6.08 Å². The summed E-state index contributed by atoms with van der Waals surface area (Å²) in [4.78, 5) is 0. The number of benzene rings is 3. The van der Waals surface area contributed by atoms with E-state index in [2.05, 4.69) is 5.10 Å². The highest BCUT2D eigenvalue weighted by Crippen LogP contribution is 2.37. The van der Waals surface area contributed by atoms with E-state index in [4.69, 9.17) is 0 Å². The van der Waals surface area contributed by atoms with Gasteiger partial charge < -0.3 is 0 Å². The van der Waals surface area contributed by atoms with Gasteiger partial charge in [0, 0.05) is 12.5 Å². The Balaban J connectivity index is 1.68. The number of anilines is 1. The summed E-state index contributed by atoms with van der Waals surface area (Å²) >= 11 is 0. The molecule has 146 valence electrons. The van der Waals surface area contributed by atoms with Crippen LogP contribution < -0.4 is 5.01 Å². The fraction of sp³-hybridized carbons (Fsp3) is 0.0870. The molecule has 0 bridgehead atoms. The fourth-order valence-corrected chi connectivity index (χ4v) is 3.23. The largest absolute Gasteiger partial charge is 0.254 e. The zero-order valence-electron chi connectivity index (χ0n) is 15.2. The van der Waals surface area contributed by atoms with Crippen LogP contribution in [0.5, 0.6) is 0 Å². The van der Waals surface area contributed by atoms with Gasteiger partial charge >= 0.3 is 0 Å². The highest BCUT2D eigenvalue weighted by Gasteiger charge is 2.30. The first-order chi connectivity index (χ1) is 14.0. The van der Waals surface area contributed by atoms with Gasteiger partial charge in [-0.05, 0) is 53.6 Å². The van der Waals surface area contributed by atoms with Crippen LogP contribution in [0.15, 0.2) is 77.9 Å². The van der Waals surface area contributed by atoms with E-state index in [9.17, 15) is 17.6 Å². The molecule has 0 unspecified atom stereocenters. The van der Waals surface area contributed by atoms with E-state index in [1.807, 2.05) is 0 Å². The number of nitrogens with zero attached hydrogens (tertiary/aromatic N) is 2. The first-order valence-electron chi connectivity index (χ1n) is 9.00. The molecule has 1 heterocycles. The van der Waals surface area contributed by atoms with Crippen LogP contribution in [-0.2, 0) is 0 Å². The molecule has 0 fully saturated rings. The molecule has 29 heavy (non-hydrogen) atoms. The predicted octanol–water partition coefficient (Wildman–Crippen LogP) is 6.26. The van der Waals surface area contributed by atoms with Crippen molar-refractivity contribution in [2.24, 2.45) is 5.10 Å². The van der Waals surface area contributed by atoms with E-state index in [0.717, 1.165) is 17.2 Å². The lowest BCUT2D eigenvalue weighted by atomic mass is 10.0. The Labute approximate surface area is 165 Å². The van der Waals surface area contributed by atoms with Crippen LogP contribution in [0.1, 0.15) is 23.6 Å². The Morgan fingerprint density at radius 2 is 1.38 bits per heavy atom. The number of allylic oxidation sites excluding steroid dienone is 1. The van der Waals surface area contributed by atoms with Crippen molar-refractivity contribution in [3.63, 3.8) is 0 Å². The monoisotopic (exact) mass is 396 g/mol. The lowest BCUT2D eigenvalue weighted by Gasteiger charge is -2.24. The topological polar surface area (TPSA) is 15.6 Å². The van der Waals surface area contributed by atoms with Crippen molar-refractivity contribution in [1.29, 1.82) is 0 Å². The van der Waals surface area contributed by atoms with Gasteiger partial charge in [-0.25, -0.2) is 17.6 Å². The first-order valence-corrected chi connectivity index (χ1v) is 9.00. The van der Waals surface area contributed by atoms with Crippen LogP contribution in [-0.4, -0.2) is 5.71 Å². The number of hydrogen-bond donors (Lipinski definition) is 0. The Bertz CT molecular complexity index is 1070. The Morgan fingerprint density at radius 1 is 0.759 bits per heavy atom. The van der Waals surface area contributed by atoms with Gasteiger partial charge in [0.1, 0.15) is 17.5 Å². The minimum atomic E-state index is -0.732. The summed E-state index contributed by atoms with van der Waals surface area (Å²) in [6.45, 7) is 0. The minimum absolute atomic E-state index is 0.130. The van der Waals surface area contributed by atoms with Crippen LogP contribution >= 0.6 is 0 Å². The first kappa shape index (κ1) is 18.9. The van der Waals surface area contributed by atoms with Gasteiger partial charge in [-0.3, -0.25) is 5.01 Å². The van der Waals surface area contributed by atoms with Gasteiger partial charge in [-0.1, -0.05) is 30.3 Å². The molecule has 1 atom stereocenters. The molecule has 3 aromatic carbocycles. The highest BCUT2D eigenvalue weighted by molar-refractivity contribution is 6.01. The van der Waals surface area contributed by atoms with Crippen LogP contribution in [0.4, 0.5) is 23.2 Å². The lowest BCUT2D eigenvalue weighted by Crippen LogP contribution is -2.19. The summed E-state index contributed by atoms with van der Waals surface area (Å²) in [5.41, 5.74) is 2.33. The normalized spacial score (nSPS) is 16.5. The molecule has 1 aliphatic heterocycles. The van der Waals surface area contributed by atoms with Crippen molar-refractivity contribution in [3.05, 3.63) is 107 Å². The van der Waals surface area contributed by atoms with Crippen LogP contribution in [0.2, 0.25) is 0 Å². The van der Waals surface area contributed by atoms with Crippen molar-refractivity contribution >= 4 is 17.5 Å². The third kappa shape index (κ3) is 4.21. The molecule has 0 N–H and O–H groups in total. The molecule has 4 rings (SSSR count). The number of hydrogen-bond acceptors (Lipinski definition) is 2. The summed E-state index contributed by atoms with van der Waals surface area (Å²) in [6, 6.07) is 14.8. The maximum atomic E-state index is 14.4. The summed E-state index contributed by atoms with van der Waals surface area (Å²) in [6.07, 6.45) is 4.00. The van der Waals surface area contributed by atoms with E-state index in [1.54, 1.807) is 36.4 Å². The Hall–Kier alpha value is -3.41. The van der Waals surface area contributed by atoms with Crippen molar-refractivity contribution in [2.45, 2.75) is 12.5 Å².